The lowest BCUT2D eigenvalue weighted by atomic mass is 9.94. The molecule has 1 saturated carbocycles. The average Bonchev–Trinajstić information content (AvgIpc) is 2.34. The number of hydrogen-bond donors (Lipinski definition) is 0. The molecule has 0 heterocycles. The van der Waals surface area contributed by atoms with E-state index >= 15 is 0 Å². The molecule has 0 aliphatic heterocycles. The number of rotatable bonds is 6. The van der Waals surface area contributed by atoms with E-state index in [-0.39, 0.29) is 0 Å². The van der Waals surface area contributed by atoms with Gasteiger partial charge in [-0.25, -0.2) is 0 Å². The summed E-state index contributed by atoms with van der Waals surface area (Å²) in [5.41, 5.74) is 0. The second-order valence-corrected chi connectivity index (χ2v) is 5.05. The molecule has 0 aromatic carbocycles. The van der Waals surface area contributed by atoms with Crippen molar-refractivity contribution in [3.05, 3.63) is 0 Å². The molecule has 0 atom stereocenters. The highest BCUT2D eigenvalue weighted by Crippen LogP contribution is 2.23. The number of nitrogens with zero attached hydrogens (tertiary/aromatic N) is 1. The van der Waals surface area contributed by atoms with Crippen LogP contribution in [0.3, 0.4) is 0 Å². The summed E-state index contributed by atoms with van der Waals surface area (Å²) in [6.07, 6.45) is 9.01. The third kappa shape index (κ3) is 4.32. The maximum absolute atomic E-state index is 12.1. The van der Waals surface area contributed by atoms with Gasteiger partial charge >= 0.3 is 0 Å². The molecule has 1 aliphatic carbocycles. The van der Waals surface area contributed by atoms with E-state index in [1.807, 2.05) is 4.90 Å². The Hall–Kier alpha value is -0.240. The van der Waals surface area contributed by atoms with Crippen LogP contribution in [0.25, 0.3) is 0 Å². The lowest BCUT2D eigenvalue weighted by Crippen LogP contribution is -2.42. The van der Waals surface area contributed by atoms with Crippen molar-refractivity contribution in [1.82, 2.24) is 4.90 Å². The molecule has 94 valence electrons. The molecule has 1 amide bonds. The van der Waals surface area contributed by atoms with Crippen LogP contribution in [0.15, 0.2) is 0 Å². The quantitative estimate of drug-likeness (QED) is 0.655. The van der Waals surface area contributed by atoms with Crippen LogP contribution >= 0.6 is 11.6 Å². The van der Waals surface area contributed by atoms with Crippen molar-refractivity contribution in [3.8, 4) is 0 Å². The summed E-state index contributed by atoms with van der Waals surface area (Å²) < 4.78 is 0. The predicted molar refractivity (Wildman–Crippen MR) is 68.8 cm³/mol. The minimum absolute atomic E-state index is 0.314. The van der Waals surface area contributed by atoms with Gasteiger partial charge in [0.15, 0.2) is 0 Å². The number of unbranched alkanes of at least 4 members (excludes halogenated alkanes) is 1. The van der Waals surface area contributed by atoms with E-state index in [9.17, 15) is 4.79 Å². The Morgan fingerprint density at radius 1 is 1.31 bits per heavy atom. The maximum atomic E-state index is 12.1. The van der Waals surface area contributed by atoms with E-state index in [1.165, 1.54) is 32.1 Å². The Morgan fingerprint density at radius 2 is 2.00 bits per heavy atom. The molecule has 0 spiro atoms. The molecule has 0 unspecified atom stereocenters. The van der Waals surface area contributed by atoms with Gasteiger partial charge in [0.2, 0.25) is 5.91 Å². The first kappa shape index (κ1) is 13.8. The van der Waals surface area contributed by atoms with E-state index in [2.05, 4.69) is 6.92 Å². The Morgan fingerprint density at radius 3 is 2.56 bits per heavy atom. The van der Waals surface area contributed by atoms with Crippen LogP contribution in [0, 0.1) is 0 Å². The fourth-order valence-electron chi connectivity index (χ4n) is 2.47. The van der Waals surface area contributed by atoms with Gasteiger partial charge in [0.25, 0.3) is 0 Å². The topological polar surface area (TPSA) is 20.3 Å². The van der Waals surface area contributed by atoms with Gasteiger partial charge in [-0.2, -0.15) is 0 Å². The minimum atomic E-state index is 0.314. The molecule has 0 aromatic heterocycles. The zero-order valence-corrected chi connectivity index (χ0v) is 11.1. The number of carbonyl (C=O) groups is 1. The standard InChI is InChI=1S/C13H24ClNO/c1-2-3-9-13(16)15(11-10-14)12-7-5-4-6-8-12/h12H,2-11H2,1H3. The highest BCUT2D eigenvalue weighted by molar-refractivity contribution is 6.18. The third-order valence-electron chi connectivity index (χ3n) is 3.41. The number of hydrogen-bond acceptors (Lipinski definition) is 1. The van der Waals surface area contributed by atoms with Crippen molar-refractivity contribution in [1.29, 1.82) is 0 Å². The number of amides is 1. The van der Waals surface area contributed by atoms with E-state index in [0.29, 0.717) is 24.2 Å². The minimum Gasteiger partial charge on any atom is -0.339 e. The highest BCUT2D eigenvalue weighted by Gasteiger charge is 2.24. The normalized spacial score (nSPS) is 17.4. The monoisotopic (exact) mass is 245 g/mol. The molecule has 0 saturated heterocycles. The van der Waals surface area contributed by atoms with Crippen molar-refractivity contribution in [2.75, 3.05) is 12.4 Å². The van der Waals surface area contributed by atoms with Gasteiger partial charge in [0, 0.05) is 24.9 Å². The molecule has 0 bridgehead atoms. The van der Waals surface area contributed by atoms with Gasteiger partial charge in [-0.3, -0.25) is 4.79 Å². The predicted octanol–water partition coefficient (Wildman–Crippen LogP) is 3.58. The summed E-state index contributed by atoms with van der Waals surface area (Å²) in [7, 11) is 0. The Balaban J connectivity index is 2.47. The zero-order valence-electron chi connectivity index (χ0n) is 10.4. The lowest BCUT2D eigenvalue weighted by Gasteiger charge is -2.34. The van der Waals surface area contributed by atoms with Crippen LogP contribution in [-0.4, -0.2) is 29.3 Å². The Labute approximate surface area is 104 Å². The summed E-state index contributed by atoms with van der Waals surface area (Å²) in [6.45, 7) is 2.86. The summed E-state index contributed by atoms with van der Waals surface area (Å²) in [4.78, 5) is 14.1. The van der Waals surface area contributed by atoms with Crippen LogP contribution in [-0.2, 0) is 4.79 Å². The van der Waals surface area contributed by atoms with Gasteiger partial charge in [-0.15, -0.1) is 11.6 Å². The molecule has 0 N–H and O–H groups in total. The molecule has 2 nitrogen and oxygen atoms in total. The van der Waals surface area contributed by atoms with Crippen molar-refractivity contribution < 1.29 is 4.79 Å². The summed E-state index contributed by atoms with van der Waals surface area (Å²) >= 11 is 5.80. The molecule has 3 heteroatoms. The van der Waals surface area contributed by atoms with Crippen LogP contribution < -0.4 is 0 Å². The molecular formula is C13H24ClNO. The fraction of sp³-hybridized carbons (Fsp3) is 0.923. The maximum Gasteiger partial charge on any atom is 0.222 e. The van der Waals surface area contributed by atoms with E-state index in [4.69, 9.17) is 11.6 Å². The first-order valence-corrected chi connectivity index (χ1v) is 7.18. The van der Waals surface area contributed by atoms with Gasteiger partial charge < -0.3 is 4.90 Å². The largest absolute Gasteiger partial charge is 0.339 e. The zero-order chi connectivity index (χ0) is 11.8. The molecule has 1 fully saturated rings. The summed E-state index contributed by atoms with van der Waals surface area (Å²) in [6, 6.07) is 0.469. The molecule has 16 heavy (non-hydrogen) atoms. The van der Waals surface area contributed by atoms with Crippen LogP contribution in [0.1, 0.15) is 58.3 Å². The molecule has 0 radical (unpaired) electrons. The fourth-order valence-corrected chi connectivity index (χ4v) is 2.65. The summed E-state index contributed by atoms with van der Waals surface area (Å²) in [5.74, 6) is 0.878. The molecule has 1 rings (SSSR count). The van der Waals surface area contributed by atoms with E-state index < -0.39 is 0 Å². The SMILES string of the molecule is CCCCC(=O)N(CCCl)C1CCCCC1. The average molecular weight is 246 g/mol. The highest BCUT2D eigenvalue weighted by atomic mass is 35.5. The number of halogens is 1. The number of carbonyl (C=O) groups excluding carboxylic acids is 1. The van der Waals surface area contributed by atoms with Crippen LogP contribution in [0.5, 0.6) is 0 Å². The first-order chi connectivity index (χ1) is 7.79. The van der Waals surface area contributed by atoms with Crippen LogP contribution in [0.4, 0.5) is 0 Å². The van der Waals surface area contributed by atoms with Gasteiger partial charge in [-0.1, -0.05) is 32.6 Å². The van der Waals surface area contributed by atoms with E-state index in [0.717, 1.165) is 19.4 Å². The number of alkyl halides is 1. The Kier molecular flexibility index (Phi) is 6.86. The second kappa shape index (κ2) is 7.94. The first-order valence-electron chi connectivity index (χ1n) is 6.65. The second-order valence-electron chi connectivity index (χ2n) is 4.67. The van der Waals surface area contributed by atoms with Crippen molar-refractivity contribution in [2.45, 2.75) is 64.3 Å². The molecular weight excluding hydrogens is 222 g/mol. The molecule has 0 aromatic rings. The van der Waals surface area contributed by atoms with Gasteiger partial charge in [0.05, 0.1) is 0 Å². The van der Waals surface area contributed by atoms with Crippen LogP contribution in [0.2, 0.25) is 0 Å². The lowest BCUT2D eigenvalue weighted by molar-refractivity contribution is -0.134. The van der Waals surface area contributed by atoms with Crippen molar-refractivity contribution in [2.24, 2.45) is 0 Å². The summed E-state index contributed by atoms with van der Waals surface area (Å²) in [5, 5.41) is 0. The molecule has 1 aliphatic rings. The van der Waals surface area contributed by atoms with Gasteiger partial charge in [-0.05, 0) is 19.3 Å². The Bertz CT molecular complexity index is 202. The third-order valence-corrected chi connectivity index (χ3v) is 3.57. The van der Waals surface area contributed by atoms with E-state index in [1.54, 1.807) is 0 Å². The van der Waals surface area contributed by atoms with Crippen molar-refractivity contribution in [3.63, 3.8) is 0 Å². The smallest absolute Gasteiger partial charge is 0.222 e. The van der Waals surface area contributed by atoms with Gasteiger partial charge in [0.1, 0.15) is 0 Å². The van der Waals surface area contributed by atoms with Crippen molar-refractivity contribution >= 4 is 17.5 Å².